The van der Waals surface area contributed by atoms with Crippen molar-refractivity contribution in [2.24, 2.45) is 5.92 Å². The SMILES string of the molecule is CCC1CCc2c(sc(NC(=O)Nc3ccc(Cl)c(Cl)c3)c2C(=O)OC)C1. The monoisotopic (exact) mass is 426 g/mol. The van der Waals surface area contributed by atoms with Gasteiger partial charge in [0.15, 0.2) is 0 Å². The fraction of sp³-hybridized carbons (Fsp3) is 0.368. The van der Waals surface area contributed by atoms with E-state index in [1.165, 1.54) is 18.4 Å². The number of esters is 1. The van der Waals surface area contributed by atoms with Crippen LogP contribution in [0, 0.1) is 5.92 Å². The third-order valence-corrected chi connectivity index (χ3v) is 6.65. The quantitative estimate of drug-likeness (QED) is 0.588. The van der Waals surface area contributed by atoms with Crippen LogP contribution in [0.4, 0.5) is 15.5 Å². The van der Waals surface area contributed by atoms with Gasteiger partial charge >= 0.3 is 12.0 Å². The normalized spacial score (nSPS) is 15.8. The Morgan fingerprint density at radius 1 is 1.26 bits per heavy atom. The number of carbonyl (C=O) groups is 2. The van der Waals surface area contributed by atoms with Crippen LogP contribution in [0.1, 0.15) is 40.6 Å². The first kappa shape index (κ1) is 20.0. The van der Waals surface area contributed by atoms with Crippen molar-refractivity contribution in [1.29, 1.82) is 0 Å². The van der Waals surface area contributed by atoms with Gasteiger partial charge < -0.3 is 10.1 Å². The van der Waals surface area contributed by atoms with Gasteiger partial charge in [-0.25, -0.2) is 9.59 Å². The predicted molar refractivity (Wildman–Crippen MR) is 111 cm³/mol. The van der Waals surface area contributed by atoms with Gasteiger partial charge in [0.25, 0.3) is 0 Å². The van der Waals surface area contributed by atoms with Crippen LogP contribution in [0.15, 0.2) is 18.2 Å². The number of rotatable bonds is 4. The lowest BCUT2D eigenvalue weighted by Crippen LogP contribution is -2.20. The number of fused-ring (bicyclic) bond motifs is 1. The van der Waals surface area contributed by atoms with Crippen LogP contribution in [0.5, 0.6) is 0 Å². The standard InChI is InChI=1S/C19H20Cl2N2O3S/c1-3-10-4-6-12-15(8-10)27-17(16(12)18(24)26-2)23-19(25)22-11-5-7-13(20)14(21)9-11/h5,7,9-10H,3-4,6,8H2,1-2H3,(H2,22,23,25). The summed E-state index contributed by atoms with van der Waals surface area (Å²) in [5, 5.41) is 6.77. The highest BCUT2D eigenvalue weighted by Gasteiger charge is 2.29. The maximum absolute atomic E-state index is 12.4. The molecule has 0 aliphatic heterocycles. The van der Waals surface area contributed by atoms with E-state index >= 15 is 0 Å². The maximum Gasteiger partial charge on any atom is 0.341 e. The third kappa shape index (κ3) is 4.39. The molecule has 1 aliphatic carbocycles. The van der Waals surface area contributed by atoms with Gasteiger partial charge in [0.05, 0.1) is 22.7 Å². The van der Waals surface area contributed by atoms with Crippen LogP contribution in [0.2, 0.25) is 10.0 Å². The molecule has 1 aromatic heterocycles. The maximum atomic E-state index is 12.4. The molecule has 0 fully saturated rings. The van der Waals surface area contributed by atoms with Gasteiger partial charge in [-0.3, -0.25) is 5.32 Å². The minimum absolute atomic E-state index is 0.349. The summed E-state index contributed by atoms with van der Waals surface area (Å²) < 4.78 is 4.95. The number of thiophene rings is 1. The number of nitrogens with one attached hydrogen (secondary N) is 2. The highest BCUT2D eigenvalue weighted by molar-refractivity contribution is 7.17. The number of urea groups is 1. The summed E-state index contributed by atoms with van der Waals surface area (Å²) in [5.41, 5.74) is 1.98. The fourth-order valence-electron chi connectivity index (χ4n) is 3.25. The summed E-state index contributed by atoms with van der Waals surface area (Å²) in [6.45, 7) is 2.17. The number of carbonyl (C=O) groups excluding carboxylic acids is 2. The number of halogens is 2. The highest BCUT2D eigenvalue weighted by atomic mass is 35.5. The number of amides is 2. The summed E-state index contributed by atoms with van der Waals surface area (Å²) in [4.78, 5) is 25.9. The van der Waals surface area contributed by atoms with Crippen molar-refractivity contribution in [1.82, 2.24) is 0 Å². The van der Waals surface area contributed by atoms with E-state index in [4.69, 9.17) is 27.9 Å². The largest absolute Gasteiger partial charge is 0.465 e. The van der Waals surface area contributed by atoms with E-state index in [-0.39, 0.29) is 0 Å². The molecule has 8 heteroatoms. The number of hydrogen-bond acceptors (Lipinski definition) is 4. The molecule has 3 rings (SSSR count). The highest BCUT2D eigenvalue weighted by Crippen LogP contribution is 2.40. The summed E-state index contributed by atoms with van der Waals surface area (Å²) >= 11 is 13.3. The topological polar surface area (TPSA) is 67.4 Å². The Bertz CT molecular complexity index is 882. The number of methoxy groups -OCH3 is 1. The van der Waals surface area contributed by atoms with Crippen molar-refractivity contribution in [3.05, 3.63) is 44.2 Å². The average Bonchev–Trinajstić information content (AvgIpc) is 3.00. The smallest absolute Gasteiger partial charge is 0.341 e. The predicted octanol–water partition coefficient (Wildman–Crippen LogP) is 6.00. The zero-order chi connectivity index (χ0) is 19.6. The van der Waals surface area contributed by atoms with Crippen LogP contribution >= 0.6 is 34.5 Å². The van der Waals surface area contributed by atoms with Gasteiger partial charge in [-0.1, -0.05) is 36.5 Å². The first-order valence-corrected chi connectivity index (χ1v) is 10.3. The number of anilines is 2. The second-order valence-corrected chi connectivity index (χ2v) is 8.34. The second-order valence-electron chi connectivity index (χ2n) is 6.42. The number of benzene rings is 1. The summed E-state index contributed by atoms with van der Waals surface area (Å²) in [7, 11) is 1.35. The molecule has 0 bridgehead atoms. The van der Waals surface area contributed by atoms with Crippen molar-refractivity contribution in [3.8, 4) is 0 Å². The van der Waals surface area contributed by atoms with Crippen LogP contribution in [-0.4, -0.2) is 19.1 Å². The van der Waals surface area contributed by atoms with Crippen molar-refractivity contribution in [2.45, 2.75) is 32.6 Å². The van der Waals surface area contributed by atoms with Gasteiger partial charge in [-0.05, 0) is 48.9 Å². The van der Waals surface area contributed by atoms with E-state index in [9.17, 15) is 9.59 Å². The molecule has 0 radical (unpaired) electrons. The Morgan fingerprint density at radius 3 is 2.70 bits per heavy atom. The van der Waals surface area contributed by atoms with Crippen molar-refractivity contribution in [3.63, 3.8) is 0 Å². The van der Waals surface area contributed by atoms with Crippen LogP contribution < -0.4 is 10.6 Å². The molecule has 2 aromatic rings. The Morgan fingerprint density at radius 2 is 2.04 bits per heavy atom. The fourth-order valence-corrected chi connectivity index (χ4v) is 4.89. The van der Waals surface area contributed by atoms with Gasteiger partial charge in [0.1, 0.15) is 5.00 Å². The molecule has 2 N–H and O–H groups in total. The zero-order valence-corrected chi connectivity index (χ0v) is 17.4. The van der Waals surface area contributed by atoms with Crippen molar-refractivity contribution in [2.75, 3.05) is 17.7 Å². The van der Waals surface area contributed by atoms with E-state index in [1.807, 2.05) is 0 Å². The molecule has 1 aromatic carbocycles. The van der Waals surface area contributed by atoms with Crippen molar-refractivity contribution < 1.29 is 14.3 Å². The van der Waals surface area contributed by atoms with Gasteiger partial charge in [0, 0.05) is 10.6 Å². The first-order valence-electron chi connectivity index (χ1n) is 8.68. The van der Waals surface area contributed by atoms with Gasteiger partial charge in [-0.15, -0.1) is 11.3 Å². The molecule has 27 heavy (non-hydrogen) atoms. The minimum atomic E-state index is -0.454. The van der Waals surface area contributed by atoms with E-state index in [0.717, 1.165) is 36.1 Å². The molecule has 0 saturated carbocycles. The Labute approximate surface area is 172 Å². The van der Waals surface area contributed by atoms with E-state index in [1.54, 1.807) is 18.2 Å². The molecular formula is C19H20Cl2N2O3S. The Hall–Kier alpha value is -1.76. The lowest BCUT2D eigenvalue weighted by Gasteiger charge is -2.20. The van der Waals surface area contributed by atoms with Crippen molar-refractivity contribution >= 4 is 57.2 Å². The lowest BCUT2D eigenvalue weighted by molar-refractivity contribution is 0.0601. The Kier molecular flexibility index (Phi) is 6.29. The average molecular weight is 427 g/mol. The molecule has 1 heterocycles. The van der Waals surface area contributed by atoms with Crippen LogP contribution in [-0.2, 0) is 17.6 Å². The van der Waals surface area contributed by atoms with E-state index < -0.39 is 12.0 Å². The Balaban J connectivity index is 1.83. The molecule has 0 saturated heterocycles. The number of hydrogen-bond donors (Lipinski definition) is 2. The zero-order valence-electron chi connectivity index (χ0n) is 15.0. The molecule has 144 valence electrons. The third-order valence-electron chi connectivity index (χ3n) is 4.74. The van der Waals surface area contributed by atoms with E-state index in [2.05, 4.69) is 17.6 Å². The second kappa shape index (κ2) is 8.50. The molecule has 1 unspecified atom stereocenters. The summed E-state index contributed by atoms with van der Waals surface area (Å²) in [6.07, 6.45) is 3.89. The molecule has 1 aliphatic rings. The minimum Gasteiger partial charge on any atom is -0.465 e. The van der Waals surface area contributed by atoms with Gasteiger partial charge in [-0.2, -0.15) is 0 Å². The number of ether oxygens (including phenoxy) is 1. The van der Waals surface area contributed by atoms with Crippen LogP contribution in [0.3, 0.4) is 0 Å². The van der Waals surface area contributed by atoms with Crippen LogP contribution in [0.25, 0.3) is 0 Å². The molecule has 0 spiro atoms. The lowest BCUT2D eigenvalue weighted by atomic mass is 9.86. The molecule has 5 nitrogen and oxygen atoms in total. The molecular weight excluding hydrogens is 407 g/mol. The molecule has 1 atom stereocenters. The van der Waals surface area contributed by atoms with E-state index in [0.29, 0.717) is 32.2 Å². The van der Waals surface area contributed by atoms with Gasteiger partial charge in [0.2, 0.25) is 0 Å². The summed E-state index contributed by atoms with van der Waals surface area (Å²) in [6, 6.07) is 4.37. The first-order chi connectivity index (χ1) is 12.9. The molecule has 2 amide bonds. The summed E-state index contributed by atoms with van der Waals surface area (Å²) in [5.74, 6) is 0.187.